The van der Waals surface area contributed by atoms with Crippen molar-refractivity contribution >= 4 is 11.5 Å². The summed E-state index contributed by atoms with van der Waals surface area (Å²) in [5.74, 6) is 0.947. The number of aromatic nitrogens is 1. The van der Waals surface area contributed by atoms with Gasteiger partial charge in [-0.3, -0.25) is 0 Å². The van der Waals surface area contributed by atoms with E-state index in [1.807, 2.05) is 20.0 Å². The zero-order chi connectivity index (χ0) is 13.1. The largest absolute Gasteiger partial charge is 0.397 e. The SMILES string of the molecule is Cc1ccc(CN(C)c2cc(C)c(N)cn2)cc1. The van der Waals surface area contributed by atoms with Crippen LogP contribution in [0.15, 0.2) is 36.5 Å². The van der Waals surface area contributed by atoms with Gasteiger partial charge in [0.1, 0.15) is 5.82 Å². The highest BCUT2D eigenvalue weighted by Crippen LogP contribution is 2.18. The van der Waals surface area contributed by atoms with Crippen molar-refractivity contribution < 1.29 is 0 Å². The molecule has 0 saturated carbocycles. The van der Waals surface area contributed by atoms with Crippen molar-refractivity contribution in [1.82, 2.24) is 4.98 Å². The first-order chi connectivity index (χ1) is 8.56. The molecule has 0 bridgehead atoms. The van der Waals surface area contributed by atoms with Crippen molar-refractivity contribution in [3.05, 3.63) is 53.2 Å². The Morgan fingerprint density at radius 2 is 1.83 bits per heavy atom. The molecule has 1 aromatic carbocycles. The Morgan fingerprint density at radius 3 is 2.44 bits per heavy atom. The van der Waals surface area contributed by atoms with E-state index in [1.165, 1.54) is 11.1 Å². The van der Waals surface area contributed by atoms with Crippen molar-refractivity contribution in [3.63, 3.8) is 0 Å². The Balaban J connectivity index is 2.13. The molecule has 2 aromatic rings. The third-order valence-corrected chi connectivity index (χ3v) is 3.07. The lowest BCUT2D eigenvalue weighted by molar-refractivity contribution is 0.896. The van der Waals surface area contributed by atoms with Crippen molar-refractivity contribution in [1.29, 1.82) is 0 Å². The van der Waals surface area contributed by atoms with Crippen LogP contribution in [-0.2, 0) is 6.54 Å². The molecular formula is C15H19N3. The van der Waals surface area contributed by atoms with E-state index in [-0.39, 0.29) is 0 Å². The Bertz CT molecular complexity index is 532. The zero-order valence-corrected chi connectivity index (χ0v) is 11.1. The summed E-state index contributed by atoms with van der Waals surface area (Å²) in [5, 5.41) is 0. The molecule has 0 aliphatic heterocycles. The first-order valence-corrected chi connectivity index (χ1v) is 6.05. The van der Waals surface area contributed by atoms with Gasteiger partial charge >= 0.3 is 0 Å². The zero-order valence-electron chi connectivity index (χ0n) is 11.1. The number of anilines is 2. The van der Waals surface area contributed by atoms with Crippen LogP contribution in [0.25, 0.3) is 0 Å². The molecule has 0 radical (unpaired) electrons. The predicted octanol–water partition coefficient (Wildman–Crippen LogP) is 2.92. The monoisotopic (exact) mass is 241 g/mol. The maximum absolute atomic E-state index is 5.78. The molecule has 3 heteroatoms. The van der Waals surface area contributed by atoms with E-state index < -0.39 is 0 Å². The molecule has 0 atom stereocenters. The van der Waals surface area contributed by atoms with Crippen LogP contribution in [0.2, 0.25) is 0 Å². The number of nitrogens with two attached hydrogens (primary N) is 1. The minimum atomic E-state index is 0.738. The fourth-order valence-corrected chi connectivity index (χ4v) is 1.81. The second kappa shape index (κ2) is 5.08. The first-order valence-electron chi connectivity index (χ1n) is 6.05. The van der Waals surface area contributed by atoms with Gasteiger partial charge in [-0.05, 0) is 31.0 Å². The van der Waals surface area contributed by atoms with E-state index in [4.69, 9.17) is 5.73 Å². The number of rotatable bonds is 3. The smallest absolute Gasteiger partial charge is 0.128 e. The van der Waals surface area contributed by atoms with Gasteiger partial charge in [0.25, 0.3) is 0 Å². The van der Waals surface area contributed by atoms with E-state index in [0.29, 0.717) is 0 Å². The highest BCUT2D eigenvalue weighted by molar-refractivity contribution is 5.52. The van der Waals surface area contributed by atoms with E-state index in [1.54, 1.807) is 6.20 Å². The van der Waals surface area contributed by atoms with Crippen molar-refractivity contribution in [2.24, 2.45) is 0 Å². The minimum absolute atomic E-state index is 0.738. The van der Waals surface area contributed by atoms with Gasteiger partial charge in [-0.2, -0.15) is 0 Å². The summed E-state index contributed by atoms with van der Waals surface area (Å²) in [6.07, 6.45) is 1.72. The quantitative estimate of drug-likeness (QED) is 0.898. The lowest BCUT2D eigenvalue weighted by atomic mass is 10.1. The minimum Gasteiger partial charge on any atom is -0.397 e. The molecule has 0 aliphatic rings. The summed E-state index contributed by atoms with van der Waals surface area (Å²) in [6, 6.07) is 10.6. The molecule has 0 unspecified atom stereocenters. The third kappa shape index (κ3) is 2.80. The van der Waals surface area contributed by atoms with Crippen molar-refractivity contribution in [3.8, 4) is 0 Å². The standard InChI is InChI=1S/C15H19N3/c1-11-4-6-13(7-5-11)10-18(3)15-8-12(2)14(16)9-17-15/h4-9H,10,16H2,1-3H3. The average molecular weight is 241 g/mol. The summed E-state index contributed by atoms with van der Waals surface area (Å²) in [5.41, 5.74) is 10.1. The molecule has 1 aromatic heterocycles. The molecule has 94 valence electrons. The van der Waals surface area contributed by atoms with E-state index in [9.17, 15) is 0 Å². The highest BCUT2D eigenvalue weighted by atomic mass is 15.2. The van der Waals surface area contributed by atoms with Gasteiger partial charge in [0.2, 0.25) is 0 Å². The summed E-state index contributed by atoms with van der Waals surface area (Å²) in [6.45, 7) is 4.94. The van der Waals surface area contributed by atoms with Crippen molar-refractivity contribution in [2.45, 2.75) is 20.4 Å². The fourth-order valence-electron chi connectivity index (χ4n) is 1.81. The Kier molecular flexibility index (Phi) is 3.51. The van der Waals surface area contributed by atoms with Crippen molar-refractivity contribution in [2.75, 3.05) is 17.7 Å². The van der Waals surface area contributed by atoms with Crippen LogP contribution in [0, 0.1) is 13.8 Å². The number of hydrogen-bond acceptors (Lipinski definition) is 3. The second-order valence-corrected chi connectivity index (χ2v) is 4.74. The van der Waals surface area contributed by atoms with Crippen LogP contribution in [-0.4, -0.2) is 12.0 Å². The molecule has 0 saturated heterocycles. The number of nitrogens with zero attached hydrogens (tertiary/aromatic N) is 2. The second-order valence-electron chi connectivity index (χ2n) is 4.74. The topological polar surface area (TPSA) is 42.1 Å². The van der Waals surface area contributed by atoms with Gasteiger partial charge in [0.05, 0.1) is 11.9 Å². The summed E-state index contributed by atoms with van der Waals surface area (Å²) >= 11 is 0. The fraction of sp³-hybridized carbons (Fsp3) is 0.267. The highest BCUT2D eigenvalue weighted by Gasteiger charge is 2.05. The van der Waals surface area contributed by atoms with Gasteiger partial charge in [-0.25, -0.2) is 4.98 Å². The van der Waals surface area contributed by atoms with Crippen LogP contribution >= 0.6 is 0 Å². The molecule has 2 rings (SSSR count). The first kappa shape index (κ1) is 12.4. The number of nitrogen functional groups attached to an aromatic ring is 1. The number of hydrogen-bond donors (Lipinski definition) is 1. The Morgan fingerprint density at radius 1 is 1.17 bits per heavy atom. The lowest BCUT2D eigenvalue weighted by Gasteiger charge is -2.19. The number of pyridine rings is 1. The normalized spacial score (nSPS) is 10.4. The van der Waals surface area contributed by atoms with Gasteiger partial charge in [-0.1, -0.05) is 29.8 Å². The van der Waals surface area contributed by atoms with Crippen LogP contribution in [0.1, 0.15) is 16.7 Å². The molecule has 0 spiro atoms. The van der Waals surface area contributed by atoms with Crippen LogP contribution in [0.3, 0.4) is 0 Å². The molecule has 1 heterocycles. The van der Waals surface area contributed by atoms with Crippen LogP contribution in [0.5, 0.6) is 0 Å². The average Bonchev–Trinajstić information content (AvgIpc) is 2.35. The summed E-state index contributed by atoms with van der Waals surface area (Å²) < 4.78 is 0. The predicted molar refractivity (Wildman–Crippen MR) is 76.7 cm³/mol. The molecular weight excluding hydrogens is 222 g/mol. The van der Waals surface area contributed by atoms with E-state index in [2.05, 4.69) is 41.1 Å². The molecule has 3 nitrogen and oxygen atoms in total. The number of aryl methyl sites for hydroxylation is 2. The van der Waals surface area contributed by atoms with Crippen LogP contribution < -0.4 is 10.6 Å². The maximum atomic E-state index is 5.78. The molecule has 0 fully saturated rings. The van der Waals surface area contributed by atoms with Gasteiger partial charge in [0, 0.05) is 13.6 Å². The molecule has 0 amide bonds. The van der Waals surface area contributed by atoms with Gasteiger partial charge in [-0.15, -0.1) is 0 Å². The van der Waals surface area contributed by atoms with E-state index in [0.717, 1.165) is 23.6 Å². The summed E-state index contributed by atoms with van der Waals surface area (Å²) in [7, 11) is 2.04. The van der Waals surface area contributed by atoms with Gasteiger partial charge < -0.3 is 10.6 Å². The molecule has 2 N–H and O–H groups in total. The maximum Gasteiger partial charge on any atom is 0.128 e. The summed E-state index contributed by atoms with van der Waals surface area (Å²) in [4.78, 5) is 6.48. The number of benzene rings is 1. The Hall–Kier alpha value is -2.03. The third-order valence-electron chi connectivity index (χ3n) is 3.07. The lowest BCUT2D eigenvalue weighted by Crippen LogP contribution is -2.17. The van der Waals surface area contributed by atoms with Gasteiger partial charge in [0.15, 0.2) is 0 Å². The molecule has 18 heavy (non-hydrogen) atoms. The molecule has 0 aliphatic carbocycles. The Labute approximate surface area is 108 Å². The van der Waals surface area contributed by atoms with E-state index >= 15 is 0 Å². The van der Waals surface area contributed by atoms with Crippen LogP contribution in [0.4, 0.5) is 11.5 Å².